The normalized spacial score (nSPS) is 10.0. The molecule has 0 heterocycles. The van der Waals surface area contributed by atoms with Crippen LogP contribution in [0.15, 0.2) is 53.4 Å². The predicted molar refractivity (Wildman–Crippen MR) is 87.3 cm³/mol. The van der Waals surface area contributed by atoms with Crippen molar-refractivity contribution in [1.82, 2.24) is 0 Å². The van der Waals surface area contributed by atoms with Gasteiger partial charge in [0.05, 0.1) is 12.9 Å². The van der Waals surface area contributed by atoms with Crippen LogP contribution in [0.3, 0.4) is 0 Å². The van der Waals surface area contributed by atoms with Gasteiger partial charge in [-0.05, 0) is 42.5 Å². The van der Waals surface area contributed by atoms with Crippen molar-refractivity contribution in [3.05, 3.63) is 54.1 Å². The molecule has 0 saturated carbocycles. The maximum atomic E-state index is 11.9. The van der Waals surface area contributed by atoms with Gasteiger partial charge in [-0.25, -0.2) is 0 Å². The summed E-state index contributed by atoms with van der Waals surface area (Å²) in [4.78, 5) is 23.8. The summed E-state index contributed by atoms with van der Waals surface area (Å²) in [5, 5.41) is 2.76. The Morgan fingerprint density at radius 1 is 1.18 bits per heavy atom. The molecule has 2 amide bonds. The largest absolute Gasteiger partial charge is 0.497 e. The van der Waals surface area contributed by atoms with Gasteiger partial charge in [-0.3, -0.25) is 9.59 Å². The first-order valence-corrected chi connectivity index (χ1v) is 7.53. The maximum absolute atomic E-state index is 11.9. The second-order valence-corrected chi connectivity index (χ2v) is 5.51. The van der Waals surface area contributed by atoms with Gasteiger partial charge in [0.25, 0.3) is 0 Å². The smallest absolute Gasteiger partial charge is 0.248 e. The SMILES string of the molecule is COc1cccc(SCC(=O)Nc2ccc(C(N)=O)cc2)c1. The molecule has 2 aromatic carbocycles. The molecule has 0 atom stereocenters. The highest BCUT2D eigenvalue weighted by Crippen LogP contribution is 2.22. The van der Waals surface area contributed by atoms with Gasteiger partial charge in [0.1, 0.15) is 5.75 Å². The molecule has 6 heteroatoms. The molecule has 0 bridgehead atoms. The lowest BCUT2D eigenvalue weighted by atomic mass is 10.2. The van der Waals surface area contributed by atoms with E-state index in [0.29, 0.717) is 11.3 Å². The molecule has 0 aliphatic carbocycles. The summed E-state index contributed by atoms with van der Waals surface area (Å²) in [6.07, 6.45) is 0. The van der Waals surface area contributed by atoms with E-state index in [1.165, 1.54) is 11.8 Å². The molecule has 0 spiro atoms. The van der Waals surface area contributed by atoms with E-state index in [1.54, 1.807) is 31.4 Å². The number of benzene rings is 2. The number of hydrogen-bond donors (Lipinski definition) is 2. The Labute approximate surface area is 132 Å². The summed E-state index contributed by atoms with van der Waals surface area (Å²) < 4.78 is 5.14. The van der Waals surface area contributed by atoms with E-state index in [-0.39, 0.29) is 11.7 Å². The van der Waals surface area contributed by atoms with Crippen molar-refractivity contribution in [2.45, 2.75) is 4.90 Å². The number of nitrogens with one attached hydrogen (secondary N) is 1. The monoisotopic (exact) mass is 316 g/mol. The number of anilines is 1. The van der Waals surface area contributed by atoms with Crippen LogP contribution < -0.4 is 15.8 Å². The van der Waals surface area contributed by atoms with Crippen molar-refractivity contribution < 1.29 is 14.3 Å². The minimum absolute atomic E-state index is 0.125. The lowest BCUT2D eigenvalue weighted by molar-refractivity contribution is -0.113. The van der Waals surface area contributed by atoms with Crippen LogP contribution in [0.25, 0.3) is 0 Å². The topological polar surface area (TPSA) is 81.4 Å². The first kappa shape index (κ1) is 15.9. The van der Waals surface area contributed by atoms with Gasteiger partial charge in [-0.1, -0.05) is 6.07 Å². The Kier molecular flexibility index (Phi) is 5.43. The van der Waals surface area contributed by atoms with Gasteiger partial charge in [0.15, 0.2) is 0 Å². The Bertz CT molecular complexity index is 671. The molecule has 0 aliphatic rings. The highest BCUT2D eigenvalue weighted by molar-refractivity contribution is 8.00. The summed E-state index contributed by atoms with van der Waals surface area (Å²) in [7, 11) is 1.60. The van der Waals surface area contributed by atoms with Crippen molar-refractivity contribution in [3.8, 4) is 5.75 Å². The molecule has 0 aliphatic heterocycles. The van der Waals surface area contributed by atoms with Crippen LogP contribution >= 0.6 is 11.8 Å². The fraction of sp³-hybridized carbons (Fsp3) is 0.125. The van der Waals surface area contributed by atoms with Gasteiger partial charge in [-0.2, -0.15) is 0 Å². The number of carbonyl (C=O) groups excluding carboxylic acids is 2. The summed E-state index contributed by atoms with van der Waals surface area (Å²) in [6.45, 7) is 0. The number of nitrogens with two attached hydrogens (primary N) is 1. The van der Waals surface area contributed by atoms with E-state index in [9.17, 15) is 9.59 Å². The van der Waals surface area contributed by atoms with Gasteiger partial charge in [0.2, 0.25) is 11.8 Å². The van der Waals surface area contributed by atoms with E-state index in [1.807, 2.05) is 24.3 Å². The quantitative estimate of drug-likeness (QED) is 0.802. The highest BCUT2D eigenvalue weighted by atomic mass is 32.2. The highest BCUT2D eigenvalue weighted by Gasteiger charge is 2.05. The number of carbonyl (C=O) groups is 2. The van der Waals surface area contributed by atoms with Gasteiger partial charge < -0.3 is 15.8 Å². The van der Waals surface area contributed by atoms with E-state index >= 15 is 0 Å². The molecule has 0 unspecified atom stereocenters. The number of methoxy groups -OCH3 is 1. The maximum Gasteiger partial charge on any atom is 0.248 e. The van der Waals surface area contributed by atoms with Crippen LogP contribution in [0.2, 0.25) is 0 Å². The first-order valence-electron chi connectivity index (χ1n) is 6.55. The van der Waals surface area contributed by atoms with Crippen LogP contribution in [0, 0.1) is 0 Å². The van der Waals surface area contributed by atoms with Crippen LogP contribution in [0.4, 0.5) is 5.69 Å². The van der Waals surface area contributed by atoms with Gasteiger partial charge >= 0.3 is 0 Å². The summed E-state index contributed by atoms with van der Waals surface area (Å²) in [5.74, 6) is 0.420. The van der Waals surface area contributed by atoms with Crippen molar-refractivity contribution in [2.24, 2.45) is 5.73 Å². The molecule has 22 heavy (non-hydrogen) atoms. The number of ether oxygens (including phenoxy) is 1. The molecule has 114 valence electrons. The van der Waals surface area contributed by atoms with Crippen molar-refractivity contribution in [2.75, 3.05) is 18.2 Å². The molecule has 0 radical (unpaired) electrons. The fourth-order valence-electron chi connectivity index (χ4n) is 1.75. The summed E-state index contributed by atoms with van der Waals surface area (Å²) in [5.41, 5.74) is 6.19. The van der Waals surface area contributed by atoms with Crippen molar-refractivity contribution in [3.63, 3.8) is 0 Å². The van der Waals surface area contributed by atoms with E-state index < -0.39 is 5.91 Å². The summed E-state index contributed by atoms with van der Waals surface area (Å²) >= 11 is 1.42. The van der Waals surface area contributed by atoms with Crippen molar-refractivity contribution >= 4 is 29.3 Å². The lowest BCUT2D eigenvalue weighted by Gasteiger charge is -2.06. The summed E-state index contributed by atoms with van der Waals surface area (Å²) in [6, 6.07) is 14.0. The average molecular weight is 316 g/mol. The average Bonchev–Trinajstić information content (AvgIpc) is 2.53. The number of rotatable bonds is 6. The van der Waals surface area contributed by atoms with E-state index in [4.69, 9.17) is 10.5 Å². The minimum atomic E-state index is -0.494. The van der Waals surface area contributed by atoms with Crippen LogP contribution in [0.5, 0.6) is 5.75 Å². The molecule has 0 saturated heterocycles. The zero-order valence-corrected chi connectivity index (χ0v) is 12.9. The standard InChI is InChI=1S/C16H16N2O3S/c1-21-13-3-2-4-14(9-13)22-10-15(19)18-12-7-5-11(6-8-12)16(17)20/h2-9H,10H2,1H3,(H2,17,20)(H,18,19). The second kappa shape index (κ2) is 7.51. The molecule has 5 nitrogen and oxygen atoms in total. The van der Waals surface area contributed by atoms with Crippen LogP contribution in [-0.4, -0.2) is 24.7 Å². The Hall–Kier alpha value is -2.47. The number of thioether (sulfide) groups is 1. The predicted octanol–water partition coefficient (Wildman–Crippen LogP) is 2.52. The number of hydrogen-bond acceptors (Lipinski definition) is 4. The molecule has 0 aromatic heterocycles. The number of primary amides is 1. The molecular formula is C16H16N2O3S. The molecule has 2 aromatic rings. The number of amides is 2. The van der Waals surface area contributed by atoms with Gasteiger partial charge in [0, 0.05) is 16.1 Å². The third-order valence-corrected chi connectivity index (χ3v) is 3.86. The molecule has 3 N–H and O–H groups in total. The first-order chi connectivity index (χ1) is 10.6. The Morgan fingerprint density at radius 2 is 1.91 bits per heavy atom. The zero-order valence-electron chi connectivity index (χ0n) is 12.0. The zero-order chi connectivity index (χ0) is 15.9. The second-order valence-electron chi connectivity index (χ2n) is 4.46. The third kappa shape index (κ3) is 4.53. The third-order valence-electron chi connectivity index (χ3n) is 2.86. The van der Waals surface area contributed by atoms with Crippen LogP contribution in [-0.2, 0) is 4.79 Å². The fourth-order valence-corrected chi connectivity index (χ4v) is 2.50. The van der Waals surface area contributed by atoms with Crippen molar-refractivity contribution in [1.29, 1.82) is 0 Å². The Morgan fingerprint density at radius 3 is 2.55 bits per heavy atom. The van der Waals surface area contributed by atoms with Crippen LogP contribution in [0.1, 0.15) is 10.4 Å². The molecule has 0 fully saturated rings. The Balaban J connectivity index is 1.88. The van der Waals surface area contributed by atoms with E-state index in [0.717, 1.165) is 10.6 Å². The molecular weight excluding hydrogens is 300 g/mol. The minimum Gasteiger partial charge on any atom is -0.497 e. The lowest BCUT2D eigenvalue weighted by Crippen LogP contribution is -2.14. The van der Waals surface area contributed by atoms with E-state index in [2.05, 4.69) is 5.32 Å². The molecule has 2 rings (SSSR count). The van der Waals surface area contributed by atoms with Gasteiger partial charge in [-0.15, -0.1) is 11.8 Å².